The maximum atomic E-state index is 12.5. The third-order valence-corrected chi connectivity index (χ3v) is 6.42. The first-order valence-electron chi connectivity index (χ1n) is 10.4. The summed E-state index contributed by atoms with van der Waals surface area (Å²) in [6.45, 7) is 0.984. The zero-order valence-corrected chi connectivity index (χ0v) is 16.8. The molecule has 154 valence electrons. The molecular weight excluding hydrogens is 368 g/mol. The van der Waals surface area contributed by atoms with Gasteiger partial charge in [0.15, 0.2) is 6.61 Å². The van der Waals surface area contributed by atoms with Crippen molar-refractivity contribution in [2.24, 2.45) is 17.8 Å². The Morgan fingerprint density at radius 3 is 2.17 bits per heavy atom. The number of benzene rings is 1. The van der Waals surface area contributed by atoms with Crippen molar-refractivity contribution < 1.29 is 19.1 Å². The maximum Gasteiger partial charge on any atom is 0.355 e. The van der Waals surface area contributed by atoms with Crippen molar-refractivity contribution in [1.29, 1.82) is 0 Å². The quantitative estimate of drug-likeness (QED) is 0.572. The number of rotatable bonds is 6. The predicted octanol–water partition coefficient (Wildman–Crippen LogP) is 2.79. The van der Waals surface area contributed by atoms with Crippen LogP contribution in [0, 0.1) is 17.8 Å². The van der Waals surface area contributed by atoms with Gasteiger partial charge in [-0.2, -0.15) is 0 Å². The van der Waals surface area contributed by atoms with E-state index in [0.29, 0.717) is 0 Å². The zero-order chi connectivity index (χ0) is 20.4. The number of nitrogens with one attached hydrogen (secondary N) is 2. The summed E-state index contributed by atoms with van der Waals surface area (Å²) < 4.78 is 5.22. The molecule has 0 radical (unpaired) electrons. The van der Waals surface area contributed by atoms with Gasteiger partial charge < -0.3 is 15.4 Å². The summed E-state index contributed by atoms with van der Waals surface area (Å²) >= 11 is 0. The number of hydrogen-bond acceptors (Lipinski definition) is 4. The topological polar surface area (TPSA) is 84.5 Å². The van der Waals surface area contributed by atoms with Gasteiger partial charge in [-0.25, -0.2) is 4.79 Å². The Bertz CT molecular complexity index is 795. The van der Waals surface area contributed by atoms with Gasteiger partial charge in [0, 0.05) is 12.5 Å². The summed E-state index contributed by atoms with van der Waals surface area (Å²) in [6, 6.07) is 9.16. The van der Waals surface area contributed by atoms with Gasteiger partial charge in [0.2, 0.25) is 5.91 Å². The van der Waals surface area contributed by atoms with Crippen molar-refractivity contribution in [3.63, 3.8) is 0 Å². The van der Waals surface area contributed by atoms with Gasteiger partial charge in [0.25, 0.3) is 5.91 Å². The summed E-state index contributed by atoms with van der Waals surface area (Å²) in [5, 5.41) is 5.68. The average Bonchev–Trinajstić information content (AvgIpc) is 2.64. The van der Waals surface area contributed by atoms with Gasteiger partial charge in [-0.15, -0.1) is 0 Å². The van der Waals surface area contributed by atoms with Crippen molar-refractivity contribution in [2.45, 2.75) is 51.0 Å². The molecule has 0 aromatic heterocycles. The van der Waals surface area contributed by atoms with Crippen LogP contribution in [0.1, 0.15) is 51.0 Å². The number of hydrogen-bond donors (Lipinski definition) is 2. The summed E-state index contributed by atoms with van der Waals surface area (Å²) in [7, 11) is 0. The van der Waals surface area contributed by atoms with Gasteiger partial charge >= 0.3 is 5.97 Å². The number of carbonyl (C=O) groups is 3. The molecule has 0 aliphatic heterocycles. The molecule has 4 saturated carbocycles. The van der Waals surface area contributed by atoms with Crippen LogP contribution in [0.25, 0.3) is 6.08 Å². The lowest BCUT2D eigenvalue weighted by Crippen LogP contribution is -2.60. The Labute approximate surface area is 171 Å². The molecule has 0 spiro atoms. The first-order chi connectivity index (χ1) is 13.9. The lowest BCUT2D eigenvalue weighted by molar-refractivity contribution is -0.147. The van der Waals surface area contributed by atoms with Crippen LogP contribution in [-0.4, -0.2) is 29.9 Å². The molecule has 4 fully saturated rings. The monoisotopic (exact) mass is 396 g/mol. The molecule has 4 aliphatic rings. The highest BCUT2D eigenvalue weighted by molar-refractivity contribution is 5.98. The van der Waals surface area contributed by atoms with Crippen LogP contribution in [-0.2, 0) is 19.1 Å². The van der Waals surface area contributed by atoms with E-state index in [4.69, 9.17) is 4.74 Å². The van der Waals surface area contributed by atoms with Gasteiger partial charge in [-0.05, 0) is 67.9 Å². The number of carbonyl (C=O) groups excluding carboxylic acids is 3. The van der Waals surface area contributed by atoms with Crippen molar-refractivity contribution in [2.75, 3.05) is 6.61 Å². The van der Waals surface area contributed by atoms with Gasteiger partial charge in [0.1, 0.15) is 5.70 Å². The predicted molar refractivity (Wildman–Crippen MR) is 108 cm³/mol. The molecule has 6 heteroatoms. The van der Waals surface area contributed by atoms with E-state index in [1.54, 1.807) is 6.08 Å². The van der Waals surface area contributed by atoms with Crippen LogP contribution in [0.5, 0.6) is 0 Å². The second kappa shape index (κ2) is 8.01. The Morgan fingerprint density at radius 2 is 1.62 bits per heavy atom. The molecule has 4 bridgehead atoms. The third kappa shape index (κ3) is 4.69. The van der Waals surface area contributed by atoms with Gasteiger partial charge in [-0.1, -0.05) is 30.3 Å². The summed E-state index contributed by atoms with van der Waals surface area (Å²) in [5.74, 6) is 0.826. The molecule has 1 aromatic carbocycles. The Balaban J connectivity index is 1.36. The fourth-order valence-corrected chi connectivity index (χ4v) is 5.86. The summed E-state index contributed by atoms with van der Waals surface area (Å²) in [5.41, 5.74) is 0.663. The van der Waals surface area contributed by atoms with Crippen molar-refractivity contribution >= 4 is 23.9 Å². The minimum Gasteiger partial charge on any atom is -0.451 e. The average molecular weight is 396 g/mol. The second-order valence-corrected chi connectivity index (χ2v) is 8.97. The highest BCUT2D eigenvalue weighted by atomic mass is 16.5. The van der Waals surface area contributed by atoms with E-state index >= 15 is 0 Å². The molecule has 6 nitrogen and oxygen atoms in total. The van der Waals surface area contributed by atoms with E-state index in [1.807, 2.05) is 30.3 Å². The molecule has 0 atom stereocenters. The summed E-state index contributed by atoms with van der Waals surface area (Å²) in [4.78, 5) is 36.5. The van der Waals surface area contributed by atoms with Crippen LogP contribution in [0.2, 0.25) is 0 Å². The summed E-state index contributed by atoms with van der Waals surface area (Å²) in [6.07, 6.45) is 8.58. The van der Waals surface area contributed by atoms with E-state index in [-0.39, 0.29) is 29.7 Å². The maximum absolute atomic E-state index is 12.5. The van der Waals surface area contributed by atoms with E-state index < -0.39 is 5.97 Å². The highest BCUT2D eigenvalue weighted by Gasteiger charge is 2.51. The van der Waals surface area contributed by atoms with Crippen LogP contribution < -0.4 is 10.6 Å². The lowest BCUT2D eigenvalue weighted by Gasteiger charge is -2.56. The molecule has 1 aromatic rings. The van der Waals surface area contributed by atoms with Crippen molar-refractivity contribution in [1.82, 2.24) is 10.6 Å². The highest BCUT2D eigenvalue weighted by Crippen LogP contribution is 2.55. The molecule has 0 heterocycles. The van der Waals surface area contributed by atoms with Crippen LogP contribution in [0.15, 0.2) is 36.0 Å². The molecular formula is C23H28N2O4. The SMILES string of the molecule is CC(=O)N/C(=C\c1ccccc1)C(=O)OCC(=O)NC12CC3CC(CC(C3)C1)C2. The van der Waals surface area contributed by atoms with E-state index in [0.717, 1.165) is 42.6 Å². The minimum absolute atomic E-state index is 0.0197. The molecule has 29 heavy (non-hydrogen) atoms. The first kappa shape index (κ1) is 19.7. The van der Waals surface area contributed by atoms with Gasteiger partial charge in [-0.3, -0.25) is 9.59 Å². The Morgan fingerprint density at radius 1 is 1.03 bits per heavy atom. The van der Waals surface area contributed by atoms with E-state index in [2.05, 4.69) is 10.6 Å². The zero-order valence-electron chi connectivity index (χ0n) is 16.8. The fourth-order valence-electron chi connectivity index (χ4n) is 5.86. The fraction of sp³-hybridized carbons (Fsp3) is 0.522. The Hall–Kier alpha value is -2.63. The second-order valence-electron chi connectivity index (χ2n) is 8.97. The Kier molecular flexibility index (Phi) is 5.43. The molecule has 2 amide bonds. The lowest BCUT2D eigenvalue weighted by atomic mass is 9.53. The number of esters is 1. The van der Waals surface area contributed by atoms with Crippen molar-refractivity contribution in [3.05, 3.63) is 41.6 Å². The van der Waals surface area contributed by atoms with E-state index in [9.17, 15) is 14.4 Å². The minimum atomic E-state index is -0.718. The number of amides is 2. The molecule has 5 rings (SSSR count). The molecule has 4 aliphatic carbocycles. The molecule has 2 N–H and O–H groups in total. The van der Waals surface area contributed by atoms with E-state index in [1.165, 1.54) is 26.2 Å². The largest absolute Gasteiger partial charge is 0.451 e. The smallest absolute Gasteiger partial charge is 0.355 e. The van der Waals surface area contributed by atoms with Crippen LogP contribution >= 0.6 is 0 Å². The molecule has 0 unspecified atom stereocenters. The normalized spacial score (nSPS) is 30.0. The number of ether oxygens (including phenoxy) is 1. The first-order valence-corrected chi connectivity index (χ1v) is 10.4. The van der Waals surface area contributed by atoms with Crippen LogP contribution in [0.4, 0.5) is 0 Å². The standard InChI is InChI=1S/C23H28N2O4/c1-15(26)24-20(10-16-5-3-2-4-6-16)22(28)29-14-21(27)25-23-11-17-7-18(12-23)9-19(8-17)13-23/h2-6,10,17-19H,7-9,11-14H2,1H3,(H,24,26)(H,25,27)/b20-10-. The third-order valence-electron chi connectivity index (χ3n) is 6.42. The molecule has 0 saturated heterocycles. The van der Waals surface area contributed by atoms with Gasteiger partial charge in [0.05, 0.1) is 0 Å². The van der Waals surface area contributed by atoms with Crippen LogP contribution in [0.3, 0.4) is 0 Å². The van der Waals surface area contributed by atoms with Crippen molar-refractivity contribution in [3.8, 4) is 0 Å².